The average Bonchev–Trinajstić information content (AvgIpc) is 2.49. The van der Waals surface area contributed by atoms with E-state index in [-0.39, 0.29) is 16.7 Å². The first-order valence-electron chi connectivity index (χ1n) is 6.17. The van der Waals surface area contributed by atoms with E-state index in [1.165, 1.54) is 17.2 Å². The number of aromatic nitrogens is 1. The molecule has 2 rings (SSSR count). The molecule has 0 bridgehead atoms. The number of nitrogens with zero attached hydrogens (tertiary/aromatic N) is 3. The number of halogens is 1. The SMILES string of the molecule is CN(Cc1cccc(C#N)c1)C(=O)c1cc(Cl)ncc1N. The van der Waals surface area contributed by atoms with Crippen molar-refractivity contribution in [3.63, 3.8) is 0 Å². The molecule has 0 aliphatic heterocycles. The van der Waals surface area contributed by atoms with Crippen molar-refractivity contribution in [1.29, 1.82) is 5.26 Å². The highest BCUT2D eigenvalue weighted by Gasteiger charge is 2.16. The summed E-state index contributed by atoms with van der Waals surface area (Å²) in [5, 5.41) is 9.10. The molecule has 2 N–H and O–H groups in total. The first-order valence-corrected chi connectivity index (χ1v) is 6.54. The largest absolute Gasteiger partial charge is 0.397 e. The Morgan fingerprint density at radius 2 is 2.24 bits per heavy atom. The molecule has 5 nitrogen and oxygen atoms in total. The second-order valence-corrected chi connectivity index (χ2v) is 4.95. The van der Waals surface area contributed by atoms with Crippen LogP contribution < -0.4 is 5.73 Å². The molecule has 1 aromatic heterocycles. The number of nitriles is 1. The minimum absolute atomic E-state index is 0.215. The molecule has 1 amide bonds. The van der Waals surface area contributed by atoms with Gasteiger partial charge in [0.15, 0.2) is 0 Å². The van der Waals surface area contributed by atoms with Gasteiger partial charge in [0.05, 0.1) is 29.1 Å². The predicted octanol–water partition coefficient (Wildman–Crippen LogP) is 2.46. The quantitative estimate of drug-likeness (QED) is 0.883. The molecule has 0 saturated carbocycles. The number of anilines is 1. The highest BCUT2D eigenvalue weighted by molar-refractivity contribution is 6.29. The maximum atomic E-state index is 12.4. The monoisotopic (exact) mass is 300 g/mol. The fourth-order valence-corrected chi connectivity index (χ4v) is 2.07. The van der Waals surface area contributed by atoms with Gasteiger partial charge in [0.25, 0.3) is 5.91 Å². The number of carbonyl (C=O) groups is 1. The van der Waals surface area contributed by atoms with Crippen molar-refractivity contribution in [3.8, 4) is 6.07 Å². The van der Waals surface area contributed by atoms with Crippen molar-refractivity contribution in [2.45, 2.75) is 6.54 Å². The lowest BCUT2D eigenvalue weighted by atomic mass is 10.1. The highest BCUT2D eigenvalue weighted by atomic mass is 35.5. The molecule has 0 fully saturated rings. The maximum Gasteiger partial charge on any atom is 0.256 e. The first kappa shape index (κ1) is 14.8. The lowest BCUT2D eigenvalue weighted by Gasteiger charge is -2.18. The number of benzene rings is 1. The Bertz CT molecular complexity index is 724. The third kappa shape index (κ3) is 3.50. The predicted molar refractivity (Wildman–Crippen MR) is 80.6 cm³/mol. The van der Waals surface area contributed by atoms with E-state index in [2.05, 4.69) is 11.1 Å². The molecule has 0 spiro atoms. The molecule has 0 unspecified atom stereocenters. The number of nitrogens with two attached hydrogens (primary N) is 1. The Labute approximate surface area is 127 Å². The molecule has 1 heterocycles. The van der Waals surface area contributed by atoms with Gasteiger partial charge in [0.1, 0.15) is 5.15 Å². The van der Waals surface area contributed by atoms with Gasteiger partial charge in [-0.05, 0) is 23.8 Å². The molecule has 6 heteroatoms. The first-order chi connectivity index (χ1) is 10.0. The number of rotatable bonds is 3. The minimum Gasteiger partial charge on any atom is -0.397 e. The number of hydrogen-bond donors (Lipinski definition) is 1. The zero-order chi connectivity index (χ0) is 15.4. The third-order valence-electron chi connectivity index (χ3n) is 2.95. The highest BCUT2D eigenvalue weighted by Crippen LogP contribution is 2.18. The van der Waals surface area contributed by atoms with Crippen LogP contribution in [0.2, 0.25) is 5.15 Å². The van der Waals surface area contributed by atoms with Gasteiger partial charge in [0.2, 0.25) is 0 Å². The molecule has 0 aliphatic rings. The van der Waals surface area contributed by atoms with Crippen LogP contribution >= 0.6 is 11.6 Å². The van der Waals surface area contributed by atoms with Gasteiger partial charge in [-0.1, -0.05) is 23.7 Å². The second kappa shape index (κ2) is 6.25. The van der Waals surface area contributed by atoms with Crippen molar-refractivity contribution in [3.05, 3.63) is 58.4 Å². The van der Waals surface area contributed by atoms with Crippen LogP contribution in [-0.2, 0) is 6.54 Å². The van der Waals surface area contributed by atoms with E-state index in [0.29, 0.717) is 17.7 Å². The van der Waals surface area contributed by atoms with Crippen LogP contribution in [-0.4, -0.2) is 22.8 Å². The van der Waals surface area contributed by atoms with E-state index >= 15 is 0 Å². The Hall–Kier alpha value is -2.58. The Kier molecular flexibility index (Phi) is 4.41. The third-order valence-corrected chi connectivity index (χ3v) is 3.16. The van der Waals surface area contributed by atoms with Crippen LogP contribution in [0.4, 0.5) is 5.69 Å². The van der Waals surface area contributed by atoms with Gasteiger partial charge in [-0.3, -0.25) is 4.79 Å². The lowest BCUT2D eigenvalue weighted by molar-refractivity contribution is 0.0786. The maximum absolute atomic E-state index is 12.4. The summed E-state index contributed by atoms with van der Waals surface area (Å²) in [6.45, 7) is 0.369. The summed E-state index contributed by atoms with van der Waals surface area (Å²) in [6, 6.07) is 10.6. The average molecular weight is 301 g/mol. The van der Waals surface area contributed by atoms with Crippen molar-refractivity contribution in [2.75, 3.05) is 12.8 Å². The standard InChI is InChI=1S/C15H13ClN4O/c1-20(9-11-4-2-3-10(5-11)7-17)15(21)12-6-14(16)19-8-13(12)18/h2-6,8H,9,18H2,1H3. The van der Waals surface area contributed by atoms with Gasteiger partial charge in [-0.2, -0.15) is 5.26 Å². The molecular formula is C15H13ClN4O. The fraction of sp³-hybridized carbons (Fsp3) is 0.133. The summed E-state index contributed by atoms with van der Waals surface area (Å²) in [5.41, 5.74) is 7.77. The summed E-state index contributed by atoms with van der Waals surface area (Å²) < 4.78 is 0. The van der Waals surface area contributed by atoms with Gasteiger partial charge >= 0.3 is 0 Å². The van der Waals surface area contributed by atoms with Crippen LogP contribution in [0.1, 0.15) is 21.5 Å². The van der Waals surface area contributed by atoms with E-state index in [9.17, 15) is 4.79 Å². The molecule has 0 radical (unpaired) electrons. The van der Waals surface area contributed by atoms with E-state index < -0.39 is 0 Å². The van der Waals surface area contributed by atoms with Crippen molar-refractivity contribution in [1.82, 2.24) is 9.88 Å². The van der Waals surface area contributed by atoms with Gasteiger partial charge < -0.3 is 10.6 Å². The van der Waals surface area contributed by atoms with Gasteiger partial charge in [0, 0.05) is 13.6 Å². The number of pyridine rings is 1. The van der Waals surface area contributed by atoms with Gasteiger partial charge in [-0.25, -0.2) is 4.98 Å². The fourth-order valence-electron chi connectivity index (χ4n) is 1.92. The van der Waals surface area contributed by atoms with Crippen molar-refractivity contribution < 1.29 is 4.79 Å². The van der Waals surface area contributed by atoms with E-state index in [1.54, 1.807) is 25.2 Å². The zero-order valence-corrected chi connectivity index (χ0v) is 12.1. The molecular weight excluding hydrogens is 288 g/mol. The van der Waals surface area contributed by atoms with Gasteiger partial charge in [-0.15, -0.1) is 0 Å². The zero-order valence-electron chi connectivity index (χ0n) is 11.4. The molecule has 0 aliphatic carbocycles. The molecule has 0 saturated heterocycles. The Morgan fingerprint density at radius 1 is 1.48 bits per heavy atom. The molecule has 0 atom stereocenters. The van der Waals surface area contributed by atoms with E-state index in [0.717, 1.165) is 5.56 Å². The smallest absolute Gasteiger partial charge is 0.256 e. The van der Waals surface area contributed by atoms with E-state index in [1.807, 2.05) is 6.07 Å². The van der Waals surface area contributed by atoms with Crippen LogP contribution in [0, 0.1) is 11.3 Å². The number of amides is 1. The number of nitrogen functional groups attached to an aromatic ring is 1. The number of hydrogen-bond acceptors (Lipinski definition) is 4. The normalized spacial score (nSPS) is 9.95. The minimum atomic E-state index is -0.251. The van der Waals surface area contributed by atoms with Crippen molar-refractivity contribution >= 4 is 23.2 Å². The Morgan fingerprint density at radius 3 is 2.95 bits per heavy atom. The van der Waals surface area contributed by atoms with Crippen LogP contribution in [0.5, 0.6) is 0 Å². The Balaban J connectivity index is 2.19. The molecule has 106 valence electrons. The van der Waals surface area contributed by atoms with Crippen LogP contribution in [0.25, 0.3) is 0 Å². The lowest BCUT2D eigenvalue weighted by Crippen LogP contribution is -2.27. The van der Waals surface area contributed by atoms with E-state index in [4.69, 9.17) is 22.6 Å². The summed E-state index contributed by atoms with van der Waals surface area (Å²) >= 11 is 5.79. The summed E-state index contributed by atoms with van der Waals surface area (Å²) in [4.78, 5) is 17.7. The van der Waals surface area contributed by atoms with Crippen LogP contribution in [0.3, 0.4) is 0 Å². The number of carbonyl (C=O) groups excluding carboxylic acids is 1. The summed E-state index contributed by atoms with van der Waals surface area (Å²) in [6.07, 6.45) is 1.36. The molecule has 1 aromatic carbocycles. The molecule has 2 aromatic rings. The summed E-state index contributed by atoms with van der Waals surface area (Å²) in [5.74, 6) is -0.251. The second-order valence-electron chi connectivity index (χ2n) is 4.57. The van der Waals surface area contributed by atoms with Crippen molar-refractivity contribution in [2.24, 2.45) is 0 Å². The topological polar surface area (TPSA) is 83.0 Å². The summed E-state index contributed by atoms with van der Waals surface area (Å²) in [7, 11) is 1.66. The molecule has 21 heavy (non-hydrogen) atoms. The van der Waals surface area contributed by atoms with Crippen LogP contribution in [0.15, 0.2) is 36.5 Å².